The SMILES string of the molecule is c1cc(-c2cccc(-c3ccc4nc5sccn5c4c3)c2)cc(-c2ccc3nc4sccn4c3c2)c1.c1cc(-c2ccnc(-c3ccc4nc5sccn5c4c3)c2)cc(-n2c3ccccc3c3cc(-n4c5ccccc5c5ccccc54)ccc32)c1. The quantitative estimate of drug-likeness (QED) is 0.159. The zero-order chi connectivity index (χ0) is 56.4. The highest BCUT2D eigenvalue weighted by Crippen LogP contribution is 2.39. The number of hydrogen-bond donors (Lipinski definition) is 0. The van der Waals surface area contributed by atoms with Crippen molar-refractivity contribution in [1.82, 2.24) is 42.3 Å². The Morgan fingerprint density at radius 2 is 0.663 bits per heavy atom. The summed E-state index contributed by atoms with van der Waals surface area (Å²) in [5, 5.41) is 11.2. The second kappa shape index (κ2) is 19.4. The Balaban J connectivity index is 0.000000137. The van der Waals surface area contributed by atoms with Crippen molar-refractivity contribution in [3.8, 4) is 67.1 Å². The van der Waals surface area contributed by atoms with Crippen LogP contribution in [0.3, 0.4) is 0 Å². The maximum absolute atomic E-state index is 4.78. The van der Waals surface area contributed by atoms with E-state index in [1.807, 2.05) is 6.20 Å². The molecule has 19 rings (SSSR count). The third kappa shape index (κ3) is 7.88. The minimum absolute atomic E-state index is 0.939. The van der Waals surface area contributed by atoms with Crippen LogP contribution in [0.1, 0.15) is 0 Å². The molecule has 9 nitrogen and oxygen atoms in total. The van der Waals surface area contributed by atoms with Gasteiger partial charge in [-0.3, -0.25) is 18.2 Å². The fourth-order valence-corrected chi connectivity index (χ4v) is 15.0. The summed E-state index contributed by atoms with van der Waals surface area (Å²) in [6.07, 6.45) is 8.17. The van der Waals surface area contributed by atoms with Crippen LogP contribution in [-0.4, -0.2) is 42.3 Å². The van der Waals surface area contributed by atoms with Crippen molar-refractivity contribution < 1.29 is 0 Å². The monoisotopic (exact) mass is 1160 g/mol. The number of aromatic nitrogens is 9. The third-order valence-corrected chi connectivity index (χ3v) is 19.1. The fraction of sp³-hybridized carbons (Fsp3) is 0. The van der Waals surface area contributed by atoms with Crippen LogP contribution < -0.4 is 0 Å². The summed E-state index contributed by atoms with van der Waals surface area (Å²) >= 11 is 4.98. The highest BCUT2D eigenvalue weighted by atomic mass is 32.1. The predicted octanol–water partition coefficient (Wildman–Crippen LogP) is 19.9. The molecule has 0 N–H and O–H groups in total. The molecule has 9 heterocycles. The lowest BCUT2D eigenvalue weighted by molar-refractivity contribution is 1.17. The first-order valence-corrected chi connectivity index (χ1v) is 31.1. The number of hydrogen-bond acceptors (Lipinski definition) is 7. The van der Waals surface area contributed by atoms with Crippen LogP contribution in [0.15, 0.2) is 271 Å². The van der Waals surface area contributed by atoms with Crippen LogP contribution in [-0.2, 0) is 0 Å². The third-order valence-electron chi connectivity index (χ3n) is 16.8. The van der Waals surface area contributed by atoms with Crippen LogP contribution in [0, 0.1) is 0 Å². The number of para-hydroxylation sites is 3. The van der Waals surface area contributed by atoms with Crippen molar-refractivity contribution in [3.63, 3.8) is 0 Å². The summed E-state index contributed by atoms with van der Waals surface area (Å²) in [5.74, 6) is 0. The van der Waals surface area contributed by atoms with Gasteiger partial charge in [-0.25, -0.2) is 15.0 Å². The summed E-state index contributed by atoms with van der Waals surface area (Å²) in [6.45, 7) is 0. The second-order valence-corrected chi connectivity index (χ2v) is 24.3. The summed E-state index contributed by atoms with van der Waals surface area (Å²) < 4.78 is 11.3. The molecule has 0 aliphatic carbocycles. The summed E-state index contributed by atoms with van der Waals surface area (Å²) in [6, 6.07) is 83.2. The molecule has 12 heteroatoms. The van der Waals surface area contributed by atoms with Gasteiger partial charge in [-0.15, -0.1) is 34.0 Å². The van der Waals surface area contributed by atoms with Gasteiger partial charge in [-0.1, -0.05) is 121 Å². The lowest BCUT2D eigenvalue weighted by Gasteiger charge is -2.12. The normalized spacial score (nSPS) is 12.0. The predicted molar refractivity (Wildman–Crippen MR) is 359 cm³/mol. The second-order valence-electron chi connectivity index (χ2n) is 21.7. The lowest BCUT2D eigenvalue weighted by Crippen LogP contribution is -1.96. The van der Waals surface area contributed by atoms with Gasteiger partial charge >= 0.3 is 0 Å². The van der Waals surface area contributed by atoms with Gasteiger partial charge in [0.1, 0.15) is 0 Å². The van der Waals surface area contributed by atoms with Crippen molar-refractivity contribution in [2.24, 2.45) is 0 Å². The first kappa shape index (κ1) is 48.7. The molecule has 0 fully saturated rings. The summed E-state index contributed by atoms with van der Waals surface area (Å²) in [4.78, 5) is 22.0. The minimum atomic E-state index is 0.939. The molecule has 10 aromatic carbocycles. The average Bonchev–Trinajstić information content (AvgIpc) is 3.59. The molecule has 0 atom stereocenters. The van der Waals surface area contributed by atoms with Crippen LogP contribution in [0.4, 0.5) is 0 Å². The molecule has 9 aromatic heterocycles. The maximum atomic E-state index is 4.78. The van der Waals surface area contributed by atoms with Gasteiger partial charge in [-0.2, -0.15) is 0 Å². The number of rotatable bonds is 7. The van der Waals surface area contributed by atoms with E-state index in [-0.39, 0.29) is 0 Å². The van der Waals surface area contributed by atoms with Crippen molar-refractivity contribution in [1.29, 1.82) is 0 Å². The highest BCUT2D eigenvalue weighted by Gasteiger charge is 2.18. The van der Waals surface area contributed by atoms with Gasteiger partial charge in [0.25, 0.3) is 0 Å². The van der Waals surface area contributed by atoms with E-state index in [9.17, 15) is 0 Å². The van der Waals surface area contributed by atoms with E-state index in [0.717, 1.165) is 81.7 Å². The molecule has 0 unspecified atom stereocenters. The van der Waals surface area contributed by atoms with Gasteiger partial charge in [0.15, 0.2) is 14.9 Å². The minimum Gasteiger partial charge on any atom is -0.309 e. The summed E-state index contributed by atoms with van der Waals surface area (Å²) in [5.41, 5.74) is 25.0. The van der Waals surface area contributed by atoms with E-state index in [0.29, 0.717) is 0 Å². The van der Waals surface area contributed by atoms with E-state index in [4.69, 9.17) is 19.9 Å². The van der Waals surface area contributed by atoms with Crippen molar-refractivity contribution in [2.45, 2.75) is 0 Å². The molecule has 0 spiro atoms. The molecule has 0 amide bonds. The van der Waals surface area contributed by atoms with E-state index in [1.165, 1.54) is 77.0 Å². The first-order chi connectivity index (χ1) is 42.6. The molecule has 0 saturated heterocycles. The Kier molecular flexibility index (Phi) is 11.0. The lowest BCUT2D eigenvalue weighted by atomic mass is 9.96. The molecule has 19 aromatic rings. The van der Waals surface area contributed by atoms with Crippen LogP contribution >= 0.6 is 34.0 Å². The number of benzene rings is 10. The van der Waals surface area contributed by atoms with Gasteiger partial charge in [0.05, 0.1) is 60.9 Å². The number of fused-ring (bicyclic) bond motifs is 15. The molecule has 404 valence electrons. The average molecular weight is 1160 g/mol. The van der Waals surface area contributed by atoms with Crippen LogP contribution in [0.5, 0.6) is 0 Å². The molecule has 0 aliphatic heterocycles. The number of nitrogens with zero attached hydrogens (tertiary/aromatic N) is 9. The Bertz CT molecular complexity index is 5700. The van der Waals surface area contributed by atoms with Gasteiger partial charge in [0.2, 0.25) is 0 Å². The maximum Gasteiger partial charge on any atom is 0.194 e. The Hall–Kier alpha value is -10.8. The first-order valence-electron chi connectivity index (χ1n) is 28.4. The van der Waals surface area contributed by atoms with Crippen molar-refractivity contribution in [3.05, 3.63) is 271 Å². The number of pyridine rings is 1. The molecular formula is C74H45N9S3. The topological polar surface area (TPSA) is 74.7 Å². The number of imidazole rings is 3. The van der Waals surface area contributed by atoms with Gasteiger partial charge < -0.3 is 9.13 Å². The Labute approximate surface area is 503 Å². The van der Waals surface area contributed by atoms with Crippen molar-refractivity contribution in [2.75, 3.05) is 0 Å². The summed E-state index contributed by atoms with van der Waals surface area (Å²) in [7, 11) is 0. The fourth-order valence-electron chi connectivity index (χ4n) is 12.8. The number of thiazole rings is 3. The molecule has 0 radical (unpaired) electrons. The molecule has 86 heavy (non-hydrogen) atoms. The highest BCUT2D eigenvalue weighted by molar-refractivity contribution is 7.15. The largest absolute Gasteiger partial charge is 0.309 e. The van der Waals surface area contributed by atoms with Gasteiger partial charge in [-0.05, 0) is 154 Å². The molecule has 0 saturated carbocycles. The van der Waals surface area contributed by atoms with E-state index in [1.54, 1.807) is 34.0 Å². The zero-order valence-corrected chi connectivity index (χ0v) is 48.2. The van der Waals surface area contributed by atoms with Crippen LogP contribution in [0.25, 0.3) is 159 Å². The van der Waals surface area contributed by atoms with Crippen molar-refractivity contribution >= 4 is 126 Å². The molecule has 0 bridgehead atoms. The molecule has 0 aliphatic rings. The molecular weight excluding hydrogens is 1110 g/mol. The smallest absolute Gasteiger partial charge is 0.194 e. The standard InChI is InChI=1S/C44H27N5S.C30H18N4S2/c1-4-13-39-33(10-1)34-11-2-5-14-40(34)49(39)32-17-19-42-36(27-32)35-12-3-6-15-41(35)48(42)31-9-7-8-28(24-31)29-20-21-45-38(25-29)30-16-18-37-43(26-30)47-22-23-50-44(47)46-37;1-3-19(15-21(5-1)23-7-9-25-27(17-23)33-11-13-35-29(33)31-25)20-4-2-6-22(16-20)24-8-10-26-28(18-24)34-12-14-36-30(34)32-26/h1-27H;1-18H. The van der Waals surface area contributed by atoms with E-state index >= 15 is 0 Å². The van der Waals surface area contributed by atoms with E-state index < -0.39 is 0 Å². The zero-order valence-electron chi connectivity index (χ0n) is 45.7. The Morgan fingerprint density at radius 1 is 0.267 bits per heavy atom. The van der Waals surface area contributed by atoms with Crippen LogP contribution in [0.2, 0.25) is 0 Å². The Morgan fingerprint density at radius 3 is 1.17 bits per heavy atom. The van der Waals surface area contributed by atoms with E-state index in [2.05, 4.69) is 288 Å². The van der Waals surface area contributed by atoms with Gasteiger partial charge in [0, 0.05) is 79.4 Å².